The number of nitrogens with one attached hydrogen (secondary N) is 2. The Hall–Kier alpha value is -4.39. The number of rotatable bonds is 9. The fourth-order valence-electron chi connectivity index (χ4n) is 5.65. The highest BCUT2D eigenvalue weighted by molar-refractivity contribution is 7.91. The Labute approximate surface area is 261 Å². The summed E-state index contributed by atoms with van der Waals surface area (Å²) in [5, 5.41) is 3.79. The maximum Gasteiger partial charge on any atom is 0.411 e. The molecule has 2 saturated carbocycles. The molecule has 4 atom stereocenters. The first-order valence-electron chi connectivity index (χ1n) is 14.9. The molecule has 0 radical (unpaired) electrons. The third-order valence-corrected chi connectivity index (χ3v) is 10.1. The van der Waals surface area contributed by atoms with Gasteiger partial charge in [0.05, 0.1) is 30.0 Å². The molecule has 3 fully saturated rings. The Balaban J connectivity index is 1.26. The highest BCUT2D eigenvalue weighted by Gasteiger charge is 2.62. The molecule has 6 rings (SSSR count). The van der Waals surface area contributed by atoms with E-state index in [4.69, 9.17) is 18.9 Å². The largest absolute Gasteiger partial charge is 0.472 e. The number of sulfonamides is 1. The highest BCUT2D eigenvalue weighted by atomic mass is 32.2. The molecule has 238 valence electrons. The van der Waals surface area contributed by atoms with Gasteiger partial charge in [-0.2, -0.15) is 0 Å². The third kappa shape index (κ3) is 6.26. The number of furan rings is 1. The van der Waals surface area contributed by atoms with Crippen molar-refractivity contribution in [2.24, 2.45) is 5.92 Å². The van der Waals surface area contributed by atoms with Gasteiger partial charge in [-0.05, 0) is 63.6 Å². The Kier molecular flexibility index (Phi) is 7.62. The van der Waals surface area contributed by atoms with E-state index in [1.165, 1.54) is 11.0 Å². The van der Waals surface area contributed by atoms with Crippen molar-refractivity contribution in [3.8, 4) is 17.1 Å². The maximum atomic E-state index is 13.9. The van der Waals surface area contributed by atoms with E-state index in [-0.39, 0.29) is 19.4 Å². The number of carbonyl (C=O) groups excluding carboxylic acids is 3. The molecule has 3 aliphatic rings. The molecule has 4 unspecified atom stereocenters. The van der Waals surface area contributed by atoms with Crippen LogP contribution in [0.5, 0.6) is 5.88 Å². The van der Waals surface area contributed by atoms with E-state index in [1.807, 2.05) is 30.3 Å². The van der Waals surface area contributed by atoms with Gasteiger partial charge in [0.15, 0.2) is 0 Å². The first-order chi connectivity index (χ1) is 21.3. The van der Waals surface area contributed by atoms with Gasteiger partial charge in [0.1, 0.15) is 23.3 Å². The van der Waals surface area contributed by atoms with Crippen LogP contribution in [-0.2, 0) is 24.3 Å². The van der Waals surface area contributed by atoms with Crippen LogP contribution in [0.1, 0.15) is 46.5 Å². The predicted octanol–water partition coefficient (Wildman–Crippen LogP) is 3.92. The molecule has 1 saturated heterocycles. The minimum Gasteiger partial charge on any atom is -0.472 e. The van der Waals surface area contributed by atoms with Crippen molar-refractivity contribution in [3.63, 3.8) is 0 Å². The monoisotopic (exact) mass is 636 g/mol. The number of likely N-dealkylation sites (tertiary alicyclic amines) is 1. The zero-order chi connectivity index (χ0) is 32.1. The number of benzene rings is 1. The lowest BCUT2D eigenvalue weighted by Crippen LogP contribution is -2.56. The zero-order valence-corrected chi connectivity index (χ0v) is 26.1. The van der Waals surface area contributed by atoms with E-state index in [1.54, 1.807) is 39.4 Å². The summed E-state index contributed by atoms with van der Waals surface area (Å²) in [6, 6.07) is 10.2. The molecule has 2 N–H and O–H groups in total. The van der Waals surface area contributed by atoms with Gasteiger partial charge in [-0.25, -0.2) is 18.2 Å². The number of nitrogens with zero attached hydrogens (tertiary/aromatic N) is 2. The second kappa shape index (κ2) is 11.2. The van der Waals surface area contributed by atoms with Crippen LogP contribution in [0.25, 0.3) is 22.0 Å². The van der Waals surface area contributed by atoms with Crippen LogP contribution in [0.4, 0.5) is 4.79 Å². The van der Waals surface area contributed by atoms with Crippen LogP contribution in [0, 0.1) is 5.92 Å². The normalized spacial score (nSPS) is 24.6. The molecule has 3 aromatic rings. The standard InChI is InChI=1S/C32H36N4O8S/c1-5-21-16-32(21,29(38)35-45(40,41)23-10-11-23)34-27(37)26-15-22(17-36(26)30(39)44-31(2,3)4)43-28-24-9-7-6-8-19(24)14-25(33-28)20-12-13-42-18-20/h5-9,12-14,18,21-23,26H,1,10-11,15-17H2,2-4H3,(H,34,37)(H,35,38). The number of amides is 3. The molecule has 2 aromatic heterocycles. The van der Waals surface area contributed by atoms with Crippen molar-refractivity contribution < 1.29 is 36.7 Å². The van der Waals surface area contributed by atoms with E-state index in [0.717, 1.165) is 16.3 Å². The van der Waals surface area contributed by atoms with Crippen LogP contribution in [0.15, 0.2) is 66.0 Å². The Morgan fingerprint density at radius 1 is 1.18 bits per heavy atom. The topological polar surface area (TPSA) is 157 Å². The molecular formula is C32H36N4O8S. The van der Waals surface area contributed by atoms with Crippen LogP contribution >= 0.6 is 0 Å². The average molecular weight is 637 g/mol. The Morgan fingerprint density at radius 2 is 1.93 bits per heavy atom. The molecule has 0 bridgehead atoms. The lowest BCUT2D eigenvalue weighted by atomic mass is 10.1. The van der Waals surface area contributed by atoms with E-state index >= 15 is 0 Å². The first-order valence-corrected chi connectivity index (χ1v) is 16.4. The van der Waals surface area contributed by atoms with Gasteiger partial charge >= 0.3 is 6.09 Å². The van der Waals surface area contributed by atoms with Crippen molar-refractivity contribution in [2.75, 3.05) is 6.54 Å². The minimum absolute atomic E-state index is 0.0130. The predicted molar refractivity (Wildman–Crippen MR) is 164 cm³/mol. The van der Waals surface area contributed by atoms with Crippen molar-refractivity contribution in [1.29, 1.82) is 0 Å². The van der Waals surface area contributed by atoms with Crippen molar-refractivity contribution in [3.05, 3.63) is 61.6 Å². The smallest absolute Gasteiger partial charge is 0.411 e. The SMILES string of the molecule is C=CC1CC1(NC(=O)C1CC(Oc2nc(-c3ccoc3)cc3ccccc23)CN1C(=O)OC(C)(C)C)C(=O)NS(=O)(=O)C1CC1. The average Bonchev–Trinajstić information content (AvgIpc) is 3.84. The summed E-state index contributed by atoms with van der Waals surface area (Å²) >= 11 is 0. The summed E-state index contributed by atoms with van der Waals surface area (Å²) in [6.45, 7) is 8.92. The summed E-state index contributed by atoms with van der Waals surface area (Å²) < 4.78 is 44.5. The van der Waals surface area contributed by atoms with E-state index < -0.39 is 62.4 Å². The lowest BCUT2D eigenvalue weighted by molar-refractivity contribution is -0.131. The number of hydrogen-bond acceptors (Lipinski definition) is 9. The Bertz CT molecular complexity index is 1760. The molecule has 1 aliphatic heterocycles. The van der Waals surface area contributed by atoms with Gasteiger partial charge < -0.3 is 19.2 Å². The lowest BCUT2D eigenvalue weighted by Gasteiger charge is -2.29. The number of fused-ring (bicyclic) bond motifs is 1. The van der Waals surface area contributed by atoms with Gasteiger partial charge in [0.25, 0.3) is 5.91 Å². The van der Waals surface area contributed by atoms with Crippen LogP contribution in [-0.4, -0.2) is 71.3 Å². The van der Waals surface area contributed by atoms with Gasteiger partial charge in [0.2, 0.25) is 21.8 Å². The van der Waals surface area contributed by atoms with Gasteiger partial charge in [-0.1, -0.05) is 24.3 Å². The molecule has 3 amide bonds. The molecule has 2 aliphatic carbocycles. The highest BCUT2D eigenvalue weighted by Crippen LogP contribution is 2.45. The summed E-state index contributed by atoms with van der Waals surface area (Å²) in [5.74, 6) is -1.58. The number of pyridine rings is 1. The molecular weight excluding hydrogens is 600 g/mol. The van der Waals surface area contributed by atoms with Crippen LogP contribution in [0.2, 0.25) is 0 Å². The number of aromatic nitrogens is 1. The number of carbonyl (C=O) groups is 3. The fourth-order valence-corrected chi connectivity index (χ4v) is 7.01. The molecule has 0 spiro atoms. The second-order valence-corrected chi connectivity index (χ2v) is 14.8. The van der Waals surface area contributed by atoms with Crippen molar-refractivity contribution >= 4 is 38.7 Å². The van der Waals surface area contributed by atoms with Crippen molar-refractivity contribution in [2.45, 2.75) is 75.0 Å². The maximum absolute atomic E-state index is 13.9. The minimum atomic E-state index is -3.84. The summed E-state index contributed by atoms with van der Waals surface area (Å²) in [4.78, 5) is 46.5. The second-order valence-electron chi connectivity index (χ2n) is 12.9. The van der Waals surface area contributed by atoms with Crippen LogP contribution < -0.4 is 14.8 Å². The van der Waals surface area contributed by atoms with E-state index in [0.29, 0.717) is 24.4 Å². The Morgan fingerprint density at radius 3 is 2.58 bits per heavy atom. The molecule has 1 aromatic carbocycles. The van der Waals surface area contributed by atoms with Gasteiger partial charge in [-0.3, -0.25) is 19.2 Å². The summed E-state index contributed by atoms with van der Waals surface area (Å²) in [6.07, 6.45) is 4.50. The zero-order valence-electron chi connectivity index (χ0n) is 25.3. The first kappa shape index (κ1) is 30.6. The van der Waals surface area contributed by atoms with Gasteiger partial charge in [-0.15, -0.1) is 6.58 Å². The summed E-state index contributed by atoms with van der Waals surface area (Å²) in [5.41, 5.74) is -0.933. The van der Waals surface area contributed by atoms with Gasteiger partial charge in [0, 0.05) is 23.3 Å². The van der Waals surface area contributed by atoms with E-state index in [9.17, 15) is 22.8 Å². The number of ether oxygens (including phenoxy) is 2. The van der Waals surface area contributed by atoms with Crippen molar-refractivity contribution in [1.82, 2.24) is 19.9 Å². The molecule has 13 heteroatoms. The molecule has 12 nitrogen and oxygen atoms in total. The number of hydrogen-bond donors (Lipinski definition) is 2. The molecule has 45 heavy (non-hydrogen) atoms. The third-order valence-electron chi connectivity index (χ3n) is 8.24. The quantitative estimate of drug-likeness (QED) is 0.332. The van der Waals surface area contributed by atoms with E-state index in [2.05, 4.69) is 16.6 Å². The van der Waals surface area contributed by atoms with Crippen LogP contribution in [0.3, 0.4) is 0 Å². The summed E-state index contributed by atoms with van der Waals surface area (Å²) in [7, 11) is -3.84. The molecule has 3 heterocycles. The fraction of sp³-hybridized carbons (Fsp3) is 0.438.